The molecule has 3 rings (SSSR count). The van der Waals surface area contributed by atoms with E-state index in [1.165, 1.54) is 12.1 Å². The summed E-state index contributed by atoms with van der Waals surface area (Å²) >= 11 is 1.98. The van der Waals surface area contributed by atoms with Gasteiger partial charge in [-0.2, -0.15) is 24.9 Å². The van der Waals surface area contributed by atoms with E-state index in [0.717, 1.165) is 74.4 Å². The highest BCUT2D eigenvalue weighted by Crippen LogP contribution is 2.33. The normalized spacial score (nSPS) is 24.0. The fourth-order valence-corrected chi connectivity index (χ4v) is 5.39. The second kappa shape index (κ2) is 9.57. The van der Waals surface area contributed by atoms with Gasteiger partial charge in [-0.1, -0.05) is 12.1 Å². The second-order valence-electron chi connectivity index (χ2n) is 7.58. The molecular formula is C20H29F3N4OS. The summed E-state index contributed by atoms with van der Waals surface area (Å²) in [7, 11) is 3.63. The number of rotatable bonds is 5. The quantitative estimate of drug-likeness (QED) is 0.575. The molecule has 5 nitrogen and oxygen atoms in total. The maximum absolute atomic E-state index is 12.7. The maximum Gasteiger partial charge on any atom is 0.416 e. The molecule has 0 amide bonds. The number of thioether (sulfide) groups is 1. The van der Waals surface area contributed by atoms with Crippen molar-refractivity contribution in [1.82, 2.24) is 15.1 Å². The Morgan fingerprint density at radius 1 is 1.28 bits per heavy atom. The van der Waals surface area contributed by atoms with Gasteiger partial charge in [-0.15, -0.1) is 0 Å². The Morgan fingerprint density at radius 3 is 2.52 bits per heavy atom. The molecule has 2 saturated heterocycles. The average Bonchev–Trinajstić information content (AvgIpc) is 3.19. The van der Waals surface area contributed by atoms with Gasteiger partial charge in [-0.05, 0) is 29.9 Å². The molecule has 2 aliphatic heterocycles. The molecule has 0 bridgehead atoms. The van der Waals surface area contributed by atoms with Crippen molar-refractivity contribution in [3.05, 3.63) is 35.4 Å². The summed E-state index contributed by atoms with van der Waals surface area (Å²) in [6.45, 7) is 4.72. The van der Waals surface area contributed by atoms with Gasteiger partial charge in [0, 0.05) is 51.6 Å². The van der Waals surface area contributed by atoms with Crippen LogP contribution in [0.5, 0.6) is 0 Å². The molecule has 29 heavy (non-hydrogen) atoms. The van der Waals surface area contributed by atoms with E-state index in [1.807, 2.05) is 23.7 Å². The summed E-state index contributed by atoms with van der Waals surface area (Å²) in [6, 6.07) is 5.30. The van der Waals surface area contributed by atoms with Gasteiger partial charge in [0.2, 0.25) is 0 Å². The van der Waals surface area contributed by atoms with Crippen LogP contribution in [0.4, 0.5) is 13.2 Å². The number of guanidine groups is 1. The summed E-state index contributed by atoms with van der Waals surface area (Å²) in [6.07, 6.45) is -3.18. The Labute approximate surface area is 174 Å². The highest BCUT2D eigenvalue weighted by Gasteiger charge is 2.40. The number of hydrogen-bond donors (Lipinski definition) is 1. The summed E-state index contributed by atoms with van der Waals surface area (Å²) in [4.78, 5) is 8.86. The van der Waals surface area contributed by atoms with Gasteiger partial charge in [-0.25, -0.2) is 0 Å². The standard InChI is InChI=1S/C20H29F3N4OS/c1-24-18(26(2)13-16-3-5-17(6-4-16)20(21,22)23)25-14-19(7-12-29-15-19)27-8-10-28-11-9-27/h3-6H,7-15H2,1-2H3,(H,24,25). The fourth-order valence-electron chi connectivity index (χ4n) is 3.91. The number of alkyl halides is 3. The maximum atomic E-state index is 12.7. The van der Waals surface area contributed by atoms with Gasteiger partial charge in [0.05, 0.1) is 18.8 Å². The monoisotopic (exact) mass is 430 g/mol. The number of hydrogen-bond acceptors (Lipinski definition) is 4. The van der Waals surface area contributed by atoms with Crippen LogP contribution in [0.2, 0.25) is 0 Å². The van der Waals surface area contributed by atoms with Crippen molar-refractivity contribution in [2.45, 2.75) is 24.7 Å². The van der Waals surface area contributed by atoms with Crippen molar-refractivity contribution in [3.8, 4) is 0 Å². The number of nitrogens with one attached hydrogen (secondary N) is 1. The van der Waals surface area contributed by atoms with Gasteiger partial charge >= 0.3 is 6.18 Å². The van der Waals surface area contributed by atoms with Crippen LogP contribution < -0.4 is 5.32 Å². The van der Waals surface area contributed by atoms with Crippen molar-refractivity contribution in [3.63, 3.8) is 0 Å². The molecule has 162 valence electrons. The third-order valence-corrected chi connectivity index (χ3v) is 6.85. The number of benzene rings is 1. The summed E-state index contributed by atoms with van der Waals surface area (Å²) in [5.41, 5.74) is 0.278. The van der Waals surface area contributed by atoms with Gasteiger partial charge < -0.3 is 15.0 Å². The lowest BCUT2D eigenvalue weighted by Gasteiger charge is -2.43. The number of nitrogens with zero attached hydrogens (tertiary/aromatic N) is 3. The van der Waals surface area contributed by atoms with Crippen LogP contribution in [0.1, 0.15) is 17.5 Å². The molecular weight excluding hydrogens is 401 g/mol. The number of ether oxygens (including phenoxy) is 1. The lowest BCUT2D eigenvalue weighted by molar-refractivity contribution is -0.137. The van der Waals surface area contributed by atoms with Crippen molar-refractivity contribution in [2.75, 3.05) is 58.4 Å². The lowest BCUT2D eigenvalue weighted by atomic mass is 9.95. The molecule has 0 spiro atoms. The van der Waals surface area contributed by atoms with E-state index in [-0.39, 0.29) is 5.54 Å². The molecule has 0 saturated carbocycles. The third-order valence-electron chi connectivity index (χ3n) is 5.61. The first-order valence-electron chi connectivity index (χ1n) is 9.82. The number of aliphatic imine (C=N–C) groups is 1. The Morgan fingerprint density at radius 2 is 1.97 bits per heavy atom. The molecule has 1 aromatic rings. The molecule has 1 N–H and O–H groups in total. The molecule has 2 heterocycles. The van der Waals surface area contributed by atoms with Crippen molar-refractivity contribution in [1.29, 1.82) is 0 Å². The van der Waals surface area contributed by atoms with E-state index in [0.29, 0.717) is 6.54 Å². The van der Waals surface area contributed by atoms with Crippen LogP contribution in [-0.2, 0) is 17.5 Å². The topological polar surface area (TPSA) is 40.1 Å². The number of morpholine rings is 1. The first-order chi connectivity index (χ1) is 13.8. The predicted molar refractivity (Wildman–Crippen MR) is 111 cm³/mol. The van der Waals surface area contributed by atoms with E-state index in [4.69, 9.17) is 4.74 Å². The highest BCUT2D eigenvalue weighted by molar-refractivity contribution is 7.99. The van der Waals surface area contributed by atoms with Crippen LogP contribution in [0.3, 0.4) is 0 Å². The zero-order valence-electron chi connectivity index (χ0n) is 17.0. The van der Waals surface area contributed by atoms with Crippen molar-refractivity contribution >= 4 is 17.7 Å². The molecule has 0 aromatic heterocycles. The highest BCUT2D eigenvalue weighted by atomic mass is 32.2. The Balaban J connectivity index is 1.60. The third kappa shape index (κ3) is 5.58. The van der Waals surface area contributed by atoms with Crippen LogP contribution in [-0.4, -0.2) is 79.7 Å². The number of halogens is 3. The minimum absolute atomic E-state index is 0.0968. The van der Waals surface area contributed by atoms with E-state index in [1.54, 1.807) is 7.05 Å². The van der Waals surface area contributed by atoms with Gasteiger partial charge in [-0.3, -0.25) is 9.89 Å². The molecule has 1 atom stereocenters. The largest absolute Gasteiger partial charge is 0.416 e. The minimum Gasteiger partial charge on any atom is -0.379 e. The molecule has 2 aliphatic rings. The minimum atomic E-state index is -4.31. The summed E-state index contributed by atoms with van der Waals surface area (Å²) in [5, 5.41) is 3.51. The Hall–Kier alpha value is -1.45. The van der Waals surface area contributed by atoms with E-state index < -0.39 is 11.7 Å². The lowest BCUT2D eigenvalue weighted by Crippen LogP contribution is -2.60. The van der Waals surface area contributed by atoms with Crippen LogP contribution in [0, 0.1) is 0 Å². The molecule has 9 heteroatoms. The summed E-state index contributed by atoms with van der Waals surface area (Å²) < 4.78 is 43.8. The van der Waals surface area contributed by atoms with Crippen LogP contribution in [0.25, 0.3) is 0 Å². The molecule has 1 unspecified atom stereocenters. The van der Waals surface area contributed by atoms with Gasteiger partial charge in [0.1, 0.15) is 0 Å². The van der Waals surface area contributed by atoms with E-state index in [9.17, 15) is 13.2 Å². The second-order valence-corrected chi connectivity index (χ2v) is 8.68. The van der Waals surface area contributed by atoms with Gasteiger partial charge in [0.25, 0.3) is 0 Å². The first kappa shape index (κ1) is 22.2. The molecule has 0 radical (unpaired) electrons. The first-order valence-corrected chi connectivity index (χ1v) is 11.0. The van der Waals surface area contributed by atoms with E-state index >= 15 is 0 Å². The smallest absolute Gasteiger partial charge is 0.379 e. The van der Waals surface area contributed by atoms with E-state index in [2.05, 4.69) is 15.2 Å². The van der Waals surface area contributed by atoms with Crippen LogP contribution in [0.15, 0.2) is 29.3 Å². The van der Waals surface area contributed by atoms with Crippen molar-refractivity contribution < 1.29 is 17.9 Å². The molecule has 1 aromatic carbocycles. The Bertz CT molecular complexity index is 684. The SMILES string of the molecule is CN=C(NCC1(N2CCOCC2)CCSC1)N(C)Cc1ccc(C(F)(F)F)cc1. The molecule has 2 fully saturated rings. The summed E-state index contributed by atoms with van der Waals surface area (Å²) in [5.74, 6) is 2.98. The zero-order chi connectivity index (χ0) is 20.9. The fraction of sp³-hybridized carbons (Fsp3) is 0.650. The van der Waals surface area contributed by atoms with Crippen molar-refractivity contribution in [2.24, 2.45) is 4.99 Å². The average molecular weight is 431 g/mol. The zero-order valence-corrected chi connectivity index (χ0v) is 17.8. The molecule has 0 aliphatic carbocycles. The van der Waals surface area contributed by atoms with Crippen LogP contribution >= 0.6 is 11.8 Å². The predicted octanol–water partition coefficient (Wildman–Crippen LogP) is 2.92. The van der Waals surface area contributed by atoms with Gasteiger partial charge in [0.15, 0.2) is 5.96 Å². The Kier molecular flexibility index (Phi) is 7.34.